The molecule has 0 saturated carbocycles. The molecule has 5 heteroatoms. The number of rotatable bonds is 4. The molecule has 0 aliphatic carbocycles. The van der Waals surface area contributed by atoms with Gasteiger partial charge in [0.15, 0.2) is 0 Å². The number of benzene rings is 1. The lowest BCUT2D eigenvalue weighted by atomic mass is 9.94. The minimum Gasteiger partial charge on any atom is -0.340 e. The van der Waals surface area contributed by atoms with E-state index in [4.69, 9.17) is 0 Å². The lowest BCUT2D eigenvalue weighted by Gasteiger charge is -2.22. The fourth-order valence-corrected chi connectivity index (χ4v) is 3.90. The first-order chi connectivity index (χ1) is 11.6. The van der Waals surface area contributed by atoms with Crippen LogP contribution < -0.4 is 5.32 Å². The second-order valence-electron chi connectivity index (χ2n) is 6.30. The maximum atomic E-state index is 12.6. The van der Waals surface area contributed by atoms with E-state index in [1.807, 2.05) is 22.4 Å². The minimum atomic E-state index is -0.504. The molecule has 0 radical (unpaired) electrons. The molecule has 0 spiro atoms. The Labute approximate surface area is 146 Å². The van der Waals surface area contributed by atoms with Crippen LogP contribution in [0.1, 0.15) is 40.1 Å². The average Bonchev–Trinajstić information content (AvgIpc) is 3.26. The molecule has 2 atom stereocenters. The van der Waals surface area contributed by atoms with Crippen LogP contribution in [0.3, 0.4) is 0 Å². The number of likely N-dealkylation sites (tertiary alicyclic amines) is 1. The molecular weight excluding hydrogens is 320 g/mol. The van der Waals surface area contributed by atoms with E-state index in [0.717, 1.165) is 19.5 Å². The van der Waals surface area contributed by atoms with Crippen LogP contribution in [0.2, 0.25) is 0 Å². The second-order valence-corrected chi connectivity index (χ2v) is 7.25. The normalized spacial score (nSPS) is 18.4. The molecule has 4 nitrogen and oxygen atoms in total. The van der Waals surface area contributed by atoms with Crippen molar-refractivity contribution in [3.05, 3.63) is 57.8 Å². The van der Waals surface area contributed by atoms with Gasteiger partial charge in [0, 0.05) is 19.0 Å². The van der Waals surface area contributed by atoms with Crippen molar-refractivity contribution in [3.8, 4) is 0 Å². The molecule has 1 aliphatic heterocycles. The maximum absolute atomic E-state index is 12.6. The molecule has 1 N–H and O–H groups in total. The van der Waals surface area contributed by atoms with Gasteiger partial charge in [-0.25, -0.2) is 0 Å². The quantitative estimate of drug-likeness (QED) is 0.928. The van der Waals surface area contributed by atoms with Gasteiger partial charge in [-0.05, 0) is 42.8 Å². The summed E-state index contributed by atoms with van der Waals surface area (Å²) in [6.45, 7) is 5.35. The van der Waals surface area contributed by atoms with Crippen LogP contribution in [0.25, 0.3) is 0 Å². The van der Waals surface area contributed by atoms with Gasteiger partial charge >= 0.3 is 0 Å². The second kappa shape index (κ2) is 7.18. The van der Waals surface area contributed by atoms with E-state index >= 15 is 0 Å². The summed E-state index contributed by atoms with van der Waals surface area (Å²) in [5.74, 6) is 0.201. The van der Waals surface area contributed by atoms with Crippen LogP contribution >= 0.6 is 11.3 Å². The molecule has 1 aromatic carbocycles. The monoisotopic (exact) mass is 342 g/mol. The van der Waals surface area contributed by atoms with Crippen LogP contribution in [0, 0.1) is 6.92 Å². The third-order valence-electron chi connectivity index (χ3n) is 4.59. The van der Waals surface area contributed by atoms with Crippen molar-refractivity contribution in [1.82, 2.24) is 10.2 Å². The number of nitrogens with zero attached hydrogens (tertiary/aromatic N) is 1. The lowest BCUT2D eigenvalue weighted by molar-refractivity contribution is -0.131. The molecule has 2 heterocycles. The largest absolute Gasteiger partial charge is 0.340 e. The average molecular weight is 342 g/mol. The van der Waals surface area contributed by atoms with Crippen LogP contribution in [-0.4, -0.2) is 35.8 Å². The van der Waals surface area contributed by atoms with Crippen LogP contribution in [-0.2, 0) is 4.79 Å². The molecule has 126 valence electrons. The van der Waals surface area contributed by atoms with Gasteiger partial charge in [-0.15, -0.1) is 11.3 Å². The zero-order valence-corrected chi connectivity index (χ0v) is 14.8. The first kappa shape index (κ1) is 16.7. The summed E-state index contributed by atoms with van der Waals surface area (Å²) in [4.78, 5) is 27.2. The Morgan fingerprint density at radius 2 is 2.04 bits per heavy atom. The molecule has 0 unspecified atom stereocenters. The fourth-order valence-electron chi connectivity index (χ4n) is 3.27. The lowest BCUT2D eigenvalue weighted by Crippen LogP contribution is -2.46. The topological polar surface area (TPSA) is 49.4 Å². The zero-order valence-electron chi connectivity index (χ0n) is 14.0. The van der Waals surface area contributed by atoms with Gasteiger partial charge in [-0.2, -0.15) is 0 Å². The summed E-state index contributed by atoms with van der Waals surface area (Å²) in [7, 11) is 0. The highest BCUT2D eigenvalue weighted by molar-refractivity contribution is 7.12. The first-order valence-electron chi connectivity index (χ1n) is 8.25. The van der Waals surface area contributed by atoms with Crippen molar-refractivity contribution < 1.29 is 9.59 Å². The summed E-state index contributed by atoms with van der Waals surface area (Å²) in [5, 5.41) is 4.66. The number of amides is 2. The van der Waals surface area contributed by atoms with Gasteiger partial charge in [-0.3, -0.25) is 9.59 Å². The molecule has 1 saturated heterocycles. The van der Waals surface area contributed by atoms with Crippen LogP contribution in [0.15, 0.2) is 41.8 Å². The van der Waals surface area contributed by atoms with Gasteiger partial charge in [0.25, 0.3) is 5.91 Å². The van der Waals surface area contributed by atoms with E-state index in [1.54, 1.807) is 13.0 Å². The zero-order chi connectivity index (χ0) is 17.1. The number of nitrogens with one attached hydrogen (secondary N) is 1. The molecule has 1 aromatic heterocycles. The first-order valence-corrected chi connectivity index (χ1v) is 9.13. The molecule has 0 bridgehead atoms. The Morgan fingerprint density at radius 1 is 1.25 bits per heavy atom. The van der Waals surface area contributed by atoms with E-state index < -0.39 is 6.04 Å². The van der Waals surface area contributed by atoms with Crippen molar-refractivity contribution in [2.75, 3.05) is 13.1 Å². The molecule has 1 fully saturated rings. The predicted molar refractivity (Wildman–Crippen MR) is 96.4 cm³/mol. The summed E-state index contributed by atoms with van der Waals surface area (Å²) in [6, 6.07) is 11.4. The number of carbonyl (C=O) groups excluding carboxylic acids is 2. The standard InChI is InChI=1S/C19H22N2O2S/c1-13-6-3-4-7-16(13)15-9-10-21(12-15)19(23)14(2)20-18(22)17-8-5-11-24-17/h3-8,11,14-15H,9-10,12H2,1-2H3,(H,20,22)/t14-,15-/m0/s1. The third kappa shape index (κ3) is 3.51. The van der Waals surface area contributed by atoms with Gasteiger partial charge in [0.1, 0.15) is 6.04 Å². The number of hydrogen-bond donors (Lipinski definition) is 1. The Bertz CT molecular complexity index is 727. The number of carbonyl (C=O) groups is 2. The van der Waals surface area contributed by atoms with Gasteiger partial charge < -0.3 is 10.2 Å². The SMILES string of the molecule is Cc1ccccc1[C@H]1CCN(C(=O)[C@H](C)NC(=O)c2cccs2)C1. The highest BCUT2D eigenvalue weighted by Gasteiger charge is 2.31. The summed E-state index contributed by atoms with van der Waals surface area (Å²) in [5.41, 5.74) is 2.60. The Hall–Kier alpha value is -2.14. The Morgan fingerprint density at radius 3 is 2.75 bits per heavy atom. The number of hydrogen-bond acceptors (Lipinski definition) is 3. The van der Waals surface area contributed by atoms with Gasteiger partial charge in [0.05, 0.1) is 4.88 Å². The molecule has 3 rings (SSSR count). The van der Waals surface area contributed by atoms with Gasteiger partial charge in [-0.1, -0.05) is 30.3 Å². The van der Waals surface area contributed by atoms with Crippen molar-refractivity contribution >= 4 is 23.2 Å². The van der Waals surface area contributed by atoms with Crippen molar-refractivity contribution in [2.45, 2.75) is 32.2 Å². The molecule has 1 aliphatic rings. The van der Waals surface area contributed by atoms with Crippen LogP contribution in [0.5, 0.6) is 0 Å². The predicted octanol–water partition coefficient (Wildman–Crippen LogP) is 3.19. The highest BCUT2D eigenvalue weighted by atomic mass is 32.1. The summed E-state index contributed by atoms with van der Waals surface area (Å²) < 4.78 is 0. The summed E-state index contributed by atoms with van der Waals surface area (Å²) >= 11 is 1.38. The third-order valence-corrected chi connectivity index (χ3v) is 5.46. The summed E-state index contributed by atoms with van der Waals surface area (Å²) in [6.07, 6.45) is 0.974. The Balaban J connectivity index is 1.60. The van der Waals surface area contributed by atoms with E-state index in [9.17, 15) is 9.59 Å². The van der Waals surface area contributed by atoms with E-state index in [2.05, 4.69) is 30.4 Å². The van der Waals surface area contributed by atoms with E-state index in [1.165, 1.54) is 22.5 Å². The van der Waals surface area contributed by atoms with Crippen molar-refractivity contribution in [2.24, 2.45) is 0 Å². The smallest absolute Gasteiger partial charge is 0.261 e. The van der Waals surface area contributed by atoms with Crippen LogP contribution in [0.4, 0.5) is 0 Å². The number of thiophene rings is 1. The maximum Gasteiger partial charge on any atom is 0.261 e. The van der Waals surface area contributed by atoms with Crippen molar-refractivity contribution in [3.63, 3.8) is 0 Å². The molecule has 2 aromatic rings. The van der Waals surface area contributed by atoms with E-state index in [-0.39, 0.29) is 11.8 Å². The fraction of sp³-hybridized carbons (Fsp3) is 0.368. The Kier molecular flexibility index (Phi) is 5.00. The van der Waals surface area contributed by atoms with Gasteiger partial charge in [0.2, 0.25) is 5.91 Å². The minimum absolute atomic E-state index is 0.00371. The number of aryl methyl sites for hydroxylation is 1. The molecule has 2 amide bonds. The molecule has 24 heavy (non-hydrogen) atoms. The molecular formula is C19H22N2O2S. The highest BCUT2D eigenvalue weighted by Crippen LogP contribution is 2.29. The van der Waals surface area contributed by atoms with E-state index in [0.29, 0.717) is 10.8 Å². The van der Waals surface area contributed by atoms with Crippen molar-refractivity contribution in [1.29, 1.82) is 0 Å².